The monoisotopic (exact) mass is 239 g/mol. The third kappa shape index (κ3) is 1.53. The summed E-state index contributed by atoms with van der Waals surface area (Å²) < 4.78 is 1.17. The first-order chi connectivity index (χ1) is 6.18. The van der Waals surface area contributed by atoms with E-state index in [2.05, 4.69) is 53.4 Å². The number of rotatable bonds is 2. The minimum absolute atomic E-state index is 0.296. The Labute approximate surface area is 87.7 Å². The van der Waals surface area contributed by atoms with E-state index in [1.54, 1.807) is 0 Å². The lowest BCUT2D eigenvalue weighted by molar-refractivity contribution is 0.582. The molecule has 1 saturated carbocycles. The molecule has 0 atom stereocenters. The van der Waals surface area contributed by atoms with Crippen LogP contribution in [0.4, 0.5) is 0 Å². The van der Waals surface area contributed by atoms with Gasteiger partial charge in [-0.1, -0.05) is 22.0 Å². The van der Waals surface area contributed by atoms with Crippen molar-refractivity contribution in [3.05, 3.63) is 33.8 Å². The number of aryl methyl sites for hydroxylation is 1. The number of hydrogen-bond acceptors (Lipinski definition) is 1. The van der Waals surface area contributed by atoms with Gasteiger partial charge in [0.05, 0.1) is 0 Å². The standard InChI is InChI=1S/C11H14BrN/c1-8-7-9(12)3-4-10(8)11(13-2)5-6-11/h3-4,7,13H,5-6H2,1-2H3. The molecule has 2 rings (SSSR count). The highest BCUT2D eigenvalue weighted by molar-refractivity contribution is 9.10. The summed E-state index contributed by atoms with van der Waals surface area (Å²) in [5.41, 5.74) is 3.13. The van der Waals surface area contributed by atoms with Crippen molar-refractivity contribution in [1.29, 1.82) is 0 Å². The van der Waals surface area contributed by atoms with E-state index < -0.39 is 0 Å². The molecular formula is C11H14BrN. The largest absolute Gasteiger partial charge is 0.310 e. The molecule has 2 heteroatoms. The lowest BCUT2D eigenvalue weighted by Crippen LogP contribution is -2.25. The number of benzene rings is 1. The zero-order valence-electron chi connectivity index (χ0n) is 8.02. The third-order valence-electron chi connectivity index (χ3n) is 2.93. The first kappa shape index (κ1) is 9.22. The van der Waals surface area contributed by atoms with E-state index in [9.17, 15) is 0 Å². The van der Waals surface area contributed by atoms with Crippen LogP contribution in [0.1, 0.15) is 24.0 Å². The predicted octanol–water partition coefficient (Wildman–Crippen LogP) is 2.97. The van der Waals surface area contributed by atoms with Crippen molar-refractivity contribution >= 4 is 15.9 Å². The molecule has 70 valence electrons. The van der Waals surface area contributed by atoms with Gasteiger partial charge in [0.15, 0.2) is 0 Å². The van der Waals surface area contributed by atoms with Crippen LogP contribution in [0.3, 0.4) is 0 Å². The average Bonchev–Trinajstić information content (AvgIpc) is 2.85. The quantitative estimate of drug-likeness (QED) is 0.837. The molecule has 1 fully saturated rings. The molecule has 0 amide bonds. The van der Waals surface area contributed by atoms with Crippen molar-refractivity contribution in [2.45, 2.75) is 25.3 Å². The van der Waals surface area contributed by atoms with Gasteiger partial charge in [0.25, 0.3) is 0 Å². The minimum atomic E-state index is 0.296. The Morgan fingerprint density at radius 1 is 1.38 bits per heavy atom. The van der Waals surface area contributed by atoms with Crippen LogP contribution in [0.2, 0.25) is 0 Å². The molecule has 1 aliphatic rings. The Morgan fingerprint density at radius 3 is 2.54 bits per heavy atom. The lowest BCUT2D eigenvalue weighted by atomic mass is 10.00. The van der Waals surface area contributed by atoms with Crippen molar-refractivity contribution in [2.24, 2.45) is 0 Å². The van der Waals surface area contributed by atoms with Crippen molar-refractivity contribution in [1.82, 2.24) is 5.32 Å². The van der Waals surface area contributed by atoms with Gasteiger partial charge in [-0.25, -0.2) is 0 Å². The van der Waals surface area contributed by atoms with E-state index >= 15 is 0 Å². The highest BCUT2D eigenvalue weighted by Crippen LogP contribution is 2.46. The van der Waals surface area contributed by atoms with Crippen LogP contribution in [0.15, 0.2) is 22.7 Å². The van der Waals surface area contributed by atoms with Gasteiger partial charge < -0.3 is 5.32 Å². The molecule has 0 spiro atoms. The van der Waals surface area contributed by atoms with Crippen molar-refractivity contribution in [3.63, 3.8) is 0 Å². The van der Waals surface area contributed by atoms with Gasteiger partial charge in [0, 0.05) is 10.0 Å². The van der Waals surface area contributed by atoms with Crippen molar-refractivity contribution in [3.8, 4) is 0 Å². The molecule has 13 heavy (non-hydrogen) atoms. The fourth-order valence-electron chi connectivity index (χ4n) is 1.94. The number of nitrogens with one attached hydrogen (secondary N) is 1. The zero-order valence-corrected chi connectivity index (χ0v) is 9.61. The van der Waals surface area contributed by atoms with Gasteiger partial charge in [-0.3, -0.25) is 0 Å². The first-order valence-corrected chi connectivity index (χ1v) is 5.43. The van der Waals surface area contributed by atoms with Crippen molar-refractivity contribution < 1.29 is 0 Å². The van der Waals surface area contributed by atoms with Gasteiger partial charge in [0.2, 0.25) is 0 Å². The van der Waals surface area contributed by atoms with Crippen LogP contribution in [0, 0.1) is 6.92 Å². The van der Waals surface area contributed by atoms with E-state index in [4.69, 9.17) is 0 Å². The lowest BCUT2D eigenvalue weighted by Gasteiger charge is -2.17. The summed E-state index contributed by atoms with van der Waals surface area (Å²) in [5, 5.41) is 3.41. The van der Waals surface area contributed by atoms with Crippen LogP contribution in [-0.2, 0) is 5.54 Å². The molecule has 1 nitrogen and oxygen atoms in total. The second-order valence-corrected chi connectivity index (χ2v) is 4.71. The Bertz CT molecular complexity index is 329. The van der Waals surface area contributed by atoms with E-state index in [0.29, 0.717) is 5.54 Å². The molecule has 0 bridgehead atoms. The van der Waals surface area contributed by atoms with Crippen LogP contribution in [-0.4, -0.2) is 7.05 Å². The molecule has 0 radical (unpaired) electrons. The highest BCUT2D eigenvalue weighted by Gasteiger charge is 2.43. The summed E-state index contributed by atoms with van der Waals surface area (Å²) in [5.74, 6) is 0. The fourth-order valence-corrected chi connectivity index (χ4v) is 2.42. The summed E-state index contributed by atoms with van der Waals surface area (Å²) in [6.45, 7) is 2.18. The second kappa shape index (κ2) is 3.10. The molecular weight excluding hydrogens is 226 g/mol. The maximum Gasteiger partial charge on any atom is 0.0436 e. The first-order valence-electron chi connectivity index (χ1n) is 4.63. The SMILES string of the molecule is CNC1(c2ccc(Br)cc2C)CC1. The van der Waals surface area contributed by atoms with Gasteiger partial charge >= 0.3 is 0 Å². The maximum absolute atomic E-state index is 3.48. The average molecular weight is 240 g/mol. The van der Waals surface area contributed by atoms with Crippen molar-refractivity contribution in [2.75, 3.05) is 7.05 Å². The number of hydrogen-bond donors (Lipinski definition) is 1. The third-order valence-corrected chi connectivity index (χ3v) is 3.43. The topological polar surface area (TPSA) is 12.0 Å². The summed E-state index contributed by atoms with van der Waals surface area (Å²) in [6.07, 6.45) is 2.54. The van der Waals surface area contributed by atoms with E-state index in [1.807, 2.05) is 0 Å². The Hall–Kier alpha value is -0.340. The molecule has 0 heterocycles. The van der Waals surface area contributed by atoms with E-state index in [0.717, 1.165) is 0 Å². The molecule has 0 unspecified atom stereocenters. The summed E-state index contributed by atoms with van der Waals surface area (Å²) in [6, 6.07) is 6.54. The van der Waals surface area contributed by atoms with Crippen LogP contribution in [0.25, 0.3) is 0 Å². The maximum atomic E-state index is 3.48. The Kier molecular flexibility index (Phi) is 2.20. The van der Waals surface area contributed by atoms with Gasteiger partial charge in [-0.2, -0.15) is 0 Å². The highest BCUT2D eigenvalue weighted by atomic mass is 79.9. The normalized spacial score (nSPS) is 18.7. The Balaban J connectivity index is 2.41. The second-order valence-electron chi connectivity index (χ2n) is 3.79. The molecule has 0 aromatic heterocycles. The molecule has 1 N–H and O–H groups in total. The molecule has 1 aromatic carbocycles. The molecule has 0 saturated heterocycles. The predicted molar refractivity (Wildman–Crippen MR) is 58.9 cm³/mol. The van der Waals surface area contributed by atoms with E-state index in [-0.39, 0.29) is 0 Å². The zero-order chi connectivity index (χ0) is 9.47. The van der Waals surface area contributed by atoms with Crippen LogP contribution >= 0.6 is 15.9 Å². The summed E-state index contributed by atoms with van der Waals surface area (Å²) >= 11 is 3.48. The van der Waals surface area contributed by atoms with Gasteiger partial charge in [-0.05, 0) is 50.1 Å². The van der Waals surface area contributed by atoms with Crippen LogP contribution < -0.4 is 5.32 Å². The Morgan fingerprint density at radius 2 is 2.08 bits per heavy atom. The minimum Gasteiger partial charge on any atom is -0.310 e. The van der Waals surface area contributed by atoms with E-state index in [1.165, 1.54) is 28.4 Å². The summed E-state index contributed by atoms with van der Waals surface area (Å²) in [4.78, 5) is 0. The van der Waals surface area contributed by atoms with Gasteiger partial charge in [-0.15, -0.1) is 0 Å². The number of halogens is 1. The summed E-state index contributed by atoms with van der Waals surface area (Å²) in [7, 11) is 2.05. The molecule has 1 aliphatic carbocycles. The van der Waals surface area contributed by atoms with Crippen LogP contribution in [0.5, 0.6) is 0 Å². The van der Waals surface area contributed by atoms with Gasteiger partial charge in [0.1, 0.15) is 0 Å². The molecule has 0 aliphatic heterocycles. The smallest absolute Gasteiger partial charge is 0.0436 e. The fraction of sp³-hybridized carbons (Fsp3) is 0.455. The molecule has 1 aromatic rings.